The fraction of sp³-hybridized carbons (Fsp3) is 0.321. The van der Waals surface area contributed by atoms with Crippen LogP contribution in [0.2, 0.25) is 10.0 Å². The summed E-state index contributed by atoms with van der Waals surface area (Å²) in [6.07, 6.45) is 1.11. The summed E-state index contributed by atoms with van der Waals surface area (Å²) < 4.78 is 0. The number of aliphatic hydroxyl groups is 2. The van der Waals surface area contributed by atoms with Crippen LogP contribution in [0.3, 0.4) is 0 Å². The van der Waals surface area contributed by atoms with Gasteiger partial charge in [-0.15, -0.1) is 0 Å². The second-order valence-electron chi connectivity index (χ2n) is 9.52. The monoisotopic (exact) mass is 555 g/mol. The van der Waals surface area contributed by atoms with E-state index in [9.17, 15) is 19.8 Å². The third-order valence-electron chi connectivity index (χ3n) is 7.17. The zero-order valence-corrected chi connectivity index (χ0v) is 21.8. The topological polar surface area (TPSA) is 112 Å². The summed E-state index contributed by atoms with van der Waals surface area (Å²) >= 11 is 12.8. The van der Waals surface area contributed by atoms with Crippen LogP contribution in [-0.4, -0.2) is 50.2 Å². The molecular weight excluding hydrogens is 529 g/mol. The number of nitrogens with one attached hydrogen (secondary N) is 1. The average Bonchev–Trinajstić information content (AvgIpc) is 2.90. The Balaban J connectivity index is 1.60. The van der Waals surface area contributed by atoms with Crippen molar-refractivity contribution in [2.24, 2.45) is 0 Å². The number of hydroxylamine groups is 1. The van der Waals surface area contributed by atoms with Gasteiger partial charge in [0.1, 0.15) is 6.61 Å². The molecule has 8 nitrogen and oxygen atoms in total. The minimum Gasteiger partial charge on any atom is -0.391 e. The van der Waals surface area contributed by atoms with Gasteiger partial charge in [0.2, 0.25) is 0 Å². The van der Waals surface area contributed by atoms with Crippen molar-refractivity contribution < 1.29 is 24.6 Å². The Labute approximate surface area is 230 Å². The Kier molecular flexibility index (Phi) is 7.97. The number of fused-ring (bicyclic) bond motifs is 1. The number of nitrogens with zero attached hydrogens (tertiary/aromatic N) is 2. The molecule has 5 atom stereocenters. The van der Waals surface area contributed by atoms with Gasteiger partial charge in [-0.3, -0.25) is 19.4 Å². The summed E-state index contributed by atoms with van der Waals surface area (Å²) in [4.78, 5) is 39.0. The summed E-state index contributed by atoms with van der Waals surface area (Å²) in [5.41, 5.74) is 4.41. The van der Waals surface area contributed by atoms with Gasteiger partial charge in [0.15, 0.2) is 0 Å². The molecule has 1 aliphatic carbocycles. The maximum absolute atomic E-state index is 14.0. The Morgan fingerprint density at radius 2 is 1.76 bits per heavy atom. The molecule has 10 heteroatoms. The maximum Gasteiger partial charge on any atom is 0.255 e. The molecule has 0 bridgehead atoms. The first kappa shape index (κ1) is 26.6. The zero-order chi connectivity index (χ0) is 26.8. The number of amides is 2. The Hall–Kier alpha value is -3.01. The third kappa shape index (κ3) is 5.15. The van der Waals surface area contributed by atoms with Gasteiger partial charge >= 0.3 is 0 Å². The predicted molar refractivity (Wildman–Crippen MR) is 141 cm³/mol. The van der Waals surface area contributed by atoms with Crippen molar-refractivity contribution in [1.29, 1.82) is 0 Å². The second kappa shape index (κ2) is 11.4. The summed E-state index contributed by atoms with van der Waals surface area (Å²) in [7, 11) is 0. The number of halogens is 2. The Bertz CT molecular complexity index is 1310. The van der Waals surface area contributed by atoms with Gasteiger partial charge in [0.05, 0.1) is 35.9 Å². The third-order valence-corrected chi connectivity index (χ3v) is 7.73. The van der Waals surface area contributed by atoms with E-state index in [1.54, 1.807) is 60.8 Å². The number of aromatic nitrogens is 1. The van der Waals surface area contributed by atoms with E-state index >= 15 is 0 Å². The smallest absolute Gasteiger partial charge is 0.255 e. The molecule has 2 aliphatic rings. The van der Waals surface area contributed by atoms with Gasteiger partial charge in [0.25, 0.3) is 11.8 Å². The summed E-state index contributed by atoms with van der Waals surface area (Å²) in [5.74, 6) is -1.88. The number of pyridine rings is 1. The van der Waals surface area contributed by atoms with Crippen LogP contribution in [-0.2, 0) is 16.2 Å². The number of benzene rings is 2. The molecule has 1 fully saturated rings. The van der Waals surface area contributed by atoms with Crippen molar-refractivity contribution in [2.75, 3.05) is 0 Å². The van der Waals surface area contributed by atoms with Gasteiger partial charge in [-0.2, -0.15) is 0 Å². The van der Waals surface area contributed by atoms with E-state index in [1.807, 2.05) is 6.07 Å². The average molecular weight is 556 g/mol. The maximum atomic E-state index is 14.0. The van der Waals surface area contributed by atoms with E-state index in [0.29, 0.717) is 46.7 Å². The lowest BCUT2D eigenvalue weighted by Gasteiger charge is -2.49. The molecule has 1 aromatic heterocycles. The van der Waals surface area contributed by atoms with Gasteiger partial charge in [-0.05, 0) is 60.7 Å². The number of rotatable bonds is 6. The second-order valence-corrected chi connectivity index (χ2v) is 10.4. The van der Waals surface area contributed by atoms with Crippen molar-refractivity contribution in [3.8, 4) is 0 Å². The highest BCUT2D eigenvalue weighted by atomic mass is 35.5. The lowest BCUT2D eigenvalue weighted by Crippen LogP contribution is -2.60. The highest BCUT2D eigenvalue weighted by Crippen LogP contribution is 2.47. The van der Waals surface area contributed by atoms with Crippen LogP contribution in [0.5, 0.6) is 0 Å². The lowest BCUT2D eigenvalue weighted by molar-refractivity contribution is -0.139. The first-order valence-corrected chi connectivity index (χ1v) is 13.2. The van der Waals surface area contributed by atoms with Gasteiger partial charge in [-0.1, -0.05) is 53.5 Å². The highest BCUT2D eigenvalue weighted by Gasteiger charge is 2.51. The fourth-order valence-corrected chi connectivity index (χ4v) is 5.99. The predicted octanol–water partition coefficient (Wildman–Crippen LogP) is 4.19. The van der Waals surface area contributed by atoms with Crippen LogP contribution in [0, 0.1) is 0 Å². The minimum atomic E-state index is -0.981. The quantitative estimate of drug-likeness (QED) is 0.393. The minimum absolute atomic E-state index is 0.0377. The molecule has 0 spiro atoms. The van der Waals surface area contributed by atoms with Crippen LogP contribution in [0.4, 0.5) is 0 Å². The fourth-order valence-electron chi connectivity index (χ4n) is 5.47. The van der Waals surface area contributed by atoms with Crippen LogP contribution in [0.15, 0.2) is 66.9 Å². The van der Waals surface area contributed by atoms with E-state index in [4.69, 9.17) is 28.0 Å². The molecule has 2 heterocycles. The standard InChI is InChI=1S/C28H27Cl2N3O5/c29-16-11-12-20(21(30)14-16)25-24(27(36)32-38-15-17-6-3-4-13-31-17)18-7-1-2-8-19(18)28(37)33(25)26-22(34)9-5-10-23(26)35/h1-4,6-8,11-14,22-26,34-35H,5,9-10,15H2,(H,32,36)/t22-,23+,24-,25+,26+/m1/s1. The summed E-state index contributed by atoms with van der Waals surface area (Å²) in [5, 5.41) is 22.6. The zero-order valence-electron chi connectivity index (χ0n) is 20.3. The van der Waals surface area contributed by atoms with Crippen molar-refractivity contribution >= 4 is 35.0 Å². The molecule has 38 heavy (non-hydrogen) atoms. The van der Waals surface area contributed by atoms with Gasteiger partial charge in [0, 0.05) is 21.8 Å². The molecule has 0 unspecified atom stereocenters. The molecule has 0 radical (unpaired) electrons. The van der Waals surface area contributed by atoms with E-state index in [2.05, 4.69) is 10.5 Å². The normalized spacial score (nSPS) is 25.1. The molecule has 2 amide bonds. The van der Waals surface area contributed by atoms with E-state index in [1.165, 1.54) is 4.90 Å². The van der Waals surface area contributed by atoms with Crippen LogP contribution in [0.25, 0.3) is 0 Å². The number of carbonyl (C=O) groups excluding carboxylic acids is 2. The van der Waals surface area contributed by atoms with Crippen molar-refractivity contribution in [1.82, 2.24) is 15.4 Å². The van der Waals surface area contributed by atoms with Crippen molar-refractivity contribution in [3.05, 3.63) is 99.3 Å². The number of aliphatic hydroxyl groups excluding tert-OH is 2. The number of carbonyl (C=O) groups is 2. The van der Waals surface area contributed by atoms with Crippen LogP contribution < -0.4 is 5.48 Å². The van der Waals surface area contributed by atoms with E-state index < -0.39 is 42.0 Å². The largest absolute Gasteiger partial charge is 0.391 e. The highest BCUT2D eigenvalue weighted by molar-refractivity contribution is 6.35. The summed E-state index contributed by atoms with van der Waals surface area (Å²) in [6.45, 7) is 0.0377. The van der Waals surface area contributed by atoms with Crippen LogP contribution in [0.1, 0.15) is 58.4 Å². The molecule has 3 N–H and O–H groups in total. The number of hydrogen-bond donors (Lipinski definition) is 3. The Morgan fingerprint density at radius 1 is 1.03 bits per heavy atom. The van der Waals surface area contributed by atoms with E-state index in [0.717, 1.165) is 0 Å². The van der Waals surface area contributed by atoms with Crippen molar-refractivity contribution in [2.45, 2.75) is 56.1 Å². The van der Waals surface area contributed by atoms with Crippen LogP contribution >= 0.6 is 23.2 Å². The molecule has 3 aromatic rings. The molecule has 5 rings (SSSR count). The first-order chi connectivity index (χ1) is 18.4. The molecule has 0 saturated heterocycles. The van der Waals surface area contributed by atoms with E-state index in [-0.39, 0.29) is 11.6 Å². The number of hydrogen-bond acceptors (Lipinski definition) is 6. The van der Waals surface area contributed by atoms with Crippen molar-refractivity contribution in [3.63, 3.8) is 0 Å². The SMILES string of the molecule is O=C(NOCc1ccccn1)[C@@H]1c2ccccc2C(=O)N([C@H]2[C@H](O)CCC[C@@H]2O)[C@H]1c1ccc(Cl)cc1Cl. The molecule has 1 saturated carbocycles. The summed E-state index contributed by atoms with van der Waals surface area (Å²) in [6, 6.07) is 15.1. The lowest BCUT2D eigenvalue weighted by atomic mass is 9.76. The first-order valence-electron chi connectivity index (χ1n) is 12.4. The molecule has 2 aromatic carbocycles. The molecule has 198 valence electrons. The molecular formula is C28H27Cl2N3O5. The molecule has 1 aliphatic heterocycles. The Morgan fingerprint density at radius 3 is 2.47 bits per heavy atom. The van der Waals surface area contributed by atoms with Gasteiger partial charge in [-0.25, -0.2) is 5.48 Å². The van der Waals surface area contributed by atoms with Gasteiger partial charge < -0.3 is 15.1 Å².